The Balaban J connectivity index is 2.20. The van der Waals surface area contributed by atoms with E-state index >= 15 is 0 Å². The Morgan fingerprint density at radius 3 is 2.82 bits per heavy atom. The summed E-state index contributed by atoms with van der Waals surface area (Å²) in [6.07, 6.45) is 2.18. The molecule has 0 unspecified atom stereocenters. The number of ketones is 1. The molecule has 0 aliphatic carbocycles. The molecule has 1 aromatic carbocycles. The SMILES string of the molecule is Cc1nn(C)cc1C(=O)Cc1cccc(Br)c1. The summed E-state index contributed by atoms with van der Waals surface area (Å²) < 4.78 is 2.66. The van der Waals surface area contributed by atoms with Gasteiger partial charge in [0.15, 0.2) is 5.78 Å². The van der Waals surface area contributed by atoms with E-state index in [0.29, 0.717) is 12.0 Å². The molecular weight excluding hydrogens is 280 g/mol. The van der Waals surface area contributed by atoms with Crippen LogP contribution in [0.3, 0.4) is 0 Å². The van der Waals surface area contributed by atoms with Crippen molar-refractivity contribution in [1.82, 2.24) is 9.78 Å². The molecule has 0 atom stereocenters. The summed E-state index contributed by atoms with van der Waals surface area (Å²) in [5.41, 5.74) is 2.49. The molecule has 17 heavy (non-hydrogen) atoms. The molecular formula is C13H13BrN2O. The molecule has 1 aromatic heterocycles. The Morgan fingerprint density at radius 1 is 1.47 bits per heavy atom. The van der Waals surface area contributed by atoms with Gasteiger partial charge in [-0.25, -0.2) is 0 Å². The highest BCUT2D eigenvalue weighted by atomic mass is 79.9. The van der Waals surface area contributed by atoms with Crippen molar-refractivity contribution in [3.63, 3.8) is 0 Å². The van der Waals surface area contributed by atoms with Crippen molar-refractivity contribution in [2.45, 2.75) is 13.3 Å². The maximum atomic E-state index is 12.1. The molecule has 0 saturated carbocycles. The van der Waals surface area contributed by atoms with E-state index < -0.39 is 0 Å². The Labute approximate surface area is 109 Å². The molecule has 0 bridgehead atoms. The van der Waals surface area contributed by atoms with Gasteiger partial charge in [-0.3, -0.25) is 9.48 Å². The van der Waals surface area contributed by atoms with Gasteiger partial charge in [-0.15, -0.1) is 0 Å². The molecule has 0 N–H and O–H groups in total. The molecule has 0 saturated heterocycles. The zero-order valence-corrected chi connectivity index (χ0v) is 11.4. The van der Waals surface area contributed by atoms with Crippen LogP contribution in [0.2, 0.25) is 0 Å². The molecule has 0 radical (unpaired) electrons. The van der Waals surface area contributed by atoms with Gasteiger partial charge in [0.25, 0.3) is 0 Å². The third-order valence-corrected chi connectivity index (χ3v) is 3.06. The number of carbonyl (C=O) groups is 1. The number of hydrogen-bond donors (Lipinski definition) is 0. The average molecular weight is 293 g/mol. The van der Waals surface area contributed by atoms with Gasteiger partial charge in [-0.05, 0) is 24.6 Å². The predicted molar refractivity (Wildman–Crippen MR) is 70.1 cm³/mol. The van der Waals surface area contributed by atoms with E-state index in [-0.39, 0.29) is 5.78 Å². The van der Waals surface area contributed by atoms with Crippen LogP contribution in [0.4, 0.5) is 0 Å². The van der Waals surface area contributed by atoms with Crippen LogP contribution in [0.25, 0.3) is 0 Å². The molecule has 88 valence electrons. The number of hydrogen-bond acceptors (Lipinski definition) is 2. The van der Waals surface area contributed by atoms with E-state index in [9.17, 15) is 4.79 Å². The smallest absolute Gasteiger partial charge is 0.170 e. The third kappa shape index (κ3) is 2.82. The highest BCUT2D eigenvalue weighted by Gasteiger charge is 2.12. The van der Waals surface area contributed by atoms with Crippen LogP contribution >= 0.6 is 15.9 Å². The fourth-order valence-corrected chi connectivity index (χ4v) is 2.25. The van der Waals surface area contributed by atoms with Gasteiger partial charge in [-0.1, -0.05) is 28.1 Å². The number of benzene rings is 1. The largest absolute Gasteiger partial charge is 0.294 e. The van der Waals surface area contributed by atoms with Gasteiger partial charge in [0.2, 0.25) is 0 Å². The fourth-order valence-electron chi connectivity index (χ4n) is 1.80. The Bertz CT molecular complexity index is 560. The normalized spacial score (nSPS) is 10.5. The highest BCUT2D eigenvalue weighted by molar-refractivity contribution is 9.10. The highest BCUT2D eigenvalue weighted by Crippen LogP contribution is 2.15. The zero-order chi connectivity index (χ0) is 12.4. The topological polar surface area (TPSA) is 34.9 Å². The van der Waals surface area contributed by atoms with Gasteiger partial charge in [0, 0.05) is 24.1 Å². The maximum absolute atomic E-state index is 12.1. The van der Waals surface area contributed by atoms with Gasteiger partial charge in [0.05, 0.1) is 11.3 Å². The lowest BCUT2D eigenvalue weighted by Gasteiger charge is -2.00. The Morgan fingerprint density at radius 2 is 2.24 bits per heavy atom. The van der Waals surface area contributed by atoms with Crippen molar-refractivity contribution < 1.29 is 4.79 Å². The molecule has 0 spiro atoms. The number of aromatic nitrogens is 2. The fraction of sp³-hybridized carbons (Fsp3) is 0.231. The van der Waals surface area contributed by atoms with Gasteiger partial charge < -0.3 is 0 Å². The second-order valence-electron chi connectivity index (χ2n) is 4.03. The number of halogens is 1. The van der Waals surface area contributed by atoms with Gasteiger partial charge >= 0.3 is 0 Å². The molecule has 0 fully saturated rings. The van der Waals surface area contributed by atoms with Gasteiger partial charge in [0.1, 0.15) is 0 Å². The molecule has 3 nitrogen and oxygen atoms in total. The number of Topliss-reactive ketones (excluding diaryl/α,β-unsaturated/α-hetero) is 1. The van der Waals surface area contributed by atoms with Crippen LogP contribution in [0.1, 0.15) is 21.6 Å². The van der Waals surface area contributed by atoms with Crippen LogP contribution < -0.4 is 0 Å². The molecule has 2 rings (SSSR count). The quantitative estimate of drug-likeness (QED) is 0.816. The number of rotatable bonds is 3. The van der Waals surface area contributed by atoms with E-state index in [4.69, 9.17) is 0 Å². The van der Waals surface area contributed by atoms with Crippen molar-refractivity contribution in [2.24, 2.45) is 7.05 Å². The van der Waals surface area contributed by atoms with E-state index in [2.05, 4.69) is 21.0 Å². The first kappa shape index (κ1) is 12.0. The number of carbonyl (C=O) groups excluding carboxylic acids is 1. The van der Waals surface area contributed by atoms with E-state index in [1.807, 2.05) is 38.2 Å². The molecule has 0 aliphatic heterocycles. The summed E-state index contributed by atoms with van der Waals surface area (Å²) in [5, 5.41) is 4.18. The lowest BCUT2D eigenvalue weighted by Crippen LogP contribution is -2.04. The van der Waals surface area contributed by atoms with Crippen LogP contribution in [0.5, 0.6) is 0 Å². The Kier molecular flexibility index (Phi) is 3.43. The lowest BCUT2D eigenvalue weighted by molar-refractivity contribution is 0.0992. The van der Waals surface area contributed by atoms with Crippen molar-refractivity contribution in [3.05, 3.63) is 51.8 Å². The van der Waals surface area contributed by atoms with E-state index in [1.165, 1.54) is 0 Å². The van der Waals surface area contributed by atoms with Gasteiger partial charge in [-0.2, -0.15) is 5.10 Å². The van der Waals surface area contributed by atoms with E-state index in [1.54, 1.807) is 10.9 Å². The zero-order valence-electron chi connectivity index (χ0n) is 9.77. The summed E-state index contributed by atoms with van der Waals surface area (Å²) in [6, 6.07) is 7.80. The second kappa shape index (κ2) is 4.84. The molecule has 4 heteroatoms. The number of nitrogens with zero attached hydrogens (tertiary/aromatic N) is 2. The Hall–Kier alpha value is -1.42. The minimum absolute atomic E-state index is 0.105. The summed E-state index contributed by atoms with van der Waals surface area (Å²) in [4.78, 5) is 12.1. The van der Waals surface area contributed by atoms with Crippen LogP contribution in [0.15, 0.2) is 34.9 Å². The van der Waals surface area contributed by atoms with Crippen molar-refractivity contribution in [2.75, 3.05) is 0 Å². The maximum Gasteiger partial charge on any atom is 0.170 e. The summed E-state index contributed by atoms with van der Waals surface area (Å²) in [5.74, 6) is 0.105. The average Bonchev–Trinajstić information content (AvgIpc) is 2.58. The predicted octanol–water partition coefficient (Wildman–Crippen LogP) is 2.92. The second-order valence-corrected chi connectivity index (χ2v) is 4.95. The molecule has 1 heterocycles. The summed E-state index contributed by atoms with van der Waals surface area (Å²) in [6.45, 7) is 1.86. The minimum Gasteiger partial charge on any atom is -0.294 e. The first-order valence-electron chi connectivity index (χ1n) is 5.34. The number of aryl methyl sites for hydroxylation is 2. The van der Waals surface area contributed by atoms with Crippen LogP contribution in [-0.4, -0.2) is 15.6 Å². The molecule has 0 aliphatic rings. The lowest BCUT2D eigenvalue weighted by atomic mass is 10.0. The third-order valence-electron chi connectivity index (χ3n) is 2.57. The first-order chi connectivity index (χ1) is 8.06. The van der Waals surface area contributed by atoms with Crippen LogP contribution in [0, 0.1) is 6.92 Å². The van der Waals surface area contributed by atoms with Crippen LogP contribution in [-0.2, 0) is 13.5 Å². The monoisotopic (exact) mass is 292 g/mol. The van der Waals surface area contributed by atoms with E-state index in [0.717, 1.165) is 15.7 Å². The first-order valence-corrected chi connectivity index (χ1v) is 6.13. The van der Waals surface area contributed by atoms with Crippen molar-refractivity contribution in [3.8, 4) is 0 Å². The molecule has 2 aromatic rings. The molecule has 0 amide bonds. The standard InChI is InChI=1S/C13H13BrN2O/c1-9-12(8-16(2)15-9)13(17)7-10-4-3-5-11(14)6-10/h3-6,8H,7H2,1-2H3. The minimum atomic E-state index is 0.105. The summed E-state index contributed by atoms with van der Waals surface area (Å²) >= 11 is 3.40. The van der Waals surface area contributed by atoms with Crippen molar-refractivity contribution >= 4 is 21.7 Å². The van der Waals surface area contributed by atoms with Crippen molar-refractivity contribution in [1.29, 1.82) is 0 Å². The summed E-state index contributed by atoms with van der Waals surface area (Å²) in [7, 11) is 1.82.